The zero-order valence-electron chi connectivity index (χ0n) is 21.8. The first-order valence-electron chi connectivity index (χ1n) is 12.8. The van der Waals surface area contributed by atoms with Crippen LogP contribution in [0.4, 0.5) is 0 Å². The van der Waals surface area contributed by atoms with E-state index in [4.69, 9.17) is 11.2 Å². The SMILES string of the molecule is C#CCN(C)CCCN1C(=C)N2[C@H](c3cccc(O)c3)c3[nH]c4ccc(OCC)cc4c3C[C@@]2(C)C1=O. The minimum atomic E-state index is -0.818. The molecule has 0 aliphatic carbocycles. The molecular weight excluding hydrogens is 464 g/mol. The Bertz CT molecular complexity index is 1400. The molecule has 0 unspecified atom stereocenters. The second-order valence-electron chi connectivity index (χ2n) is 10.1. The number of H-pyrrole nitrogens is 1. The molecule has 2 aliphatic heterocycles. The predicted molar refractivity (Wildman–Crippen MR) is 145 cm³/mol. The highest BCUT2D eigenvalue weighted by Crippen LogP contribution is 2.51. The average molecular weight is 499 g/mol. The van der Waals surface area contributed by atoms with Gasteiger partial charge in [0.1, 0.15) is 22.9 Å². The van der Waals surface area contributed by atoms with Gasteiger partial charge in [-0.15, -0.1) is 6.42 Å². The van der Waals surface area contributed by atoms with Crippen molar-refractivity contribution < 1.29 is 14.6 Å². The number of rotatable bonds is 8. The molecule has 7 heteroatoms. The summed E-state index contributed by atoms with van der Waals surface area (Å²) in [4.78, 5) is 23.7. The van der Waals surface area contributed by atoms with E-state index in [0.29, 0.717) is 31.9 Å². The van der Waals surface area contributed by atoms with Gasteiger partial charge in [0.2, 0.25) is 0 Å². The van der Waals surface area contributed by atoms with Crippen LogP contribution in [0.2, 0.25) is 0 Å². The lowest BCUT2D eigenvalue weighted by Crippen LogP contribution is -2.52. The molecule has 2 aliphatic rings. The van der Waals surface area contributed by atoms with E-state index in [1.54, 1.807) is 12.1 Å². The van der Waals surface area contributed by atoms with Crippen molar-refractivity contribution in [3.8, 4) is 23.8 Å². The second kappa shape index (κ2) is 9.53. The number of amides is 1. The molecule has 3 heterocycles. The second-order valence-corrected chi connectivity index (χ2v) is 10.1. The fraction of sp³-hybridized carbons (Fsp3) is 0.367. The number of hydrogen-bond donors (Lipinski definition) is 2. The van der Waals surface area contributed by atoms with E-state index in [2.05, 4.69) is 33.3 Å². The molecular formula is C30H34N4O3. The summed E-state index contributed by atoms with van der Waals surface area (Å²) in [6, 6.07) is 13.0. The highest BCUT2D eigenvalue weighted by atomic mass is 16.5. The minimum Gasteiger partial charge on any atom is -0.508 e. The molecule has 7 nitrogen and oxygen atoms in total. The van der Waals surface area contributed by atoms with Gasteiger partial charge in [0.25, 0.3) is 5.91 Å². The maximum Gasteiger partial charge on any atom is 0.254 e. The third-order valence-corrected chi connectivity index (χ3v) is 7.57. The van der Waals surface area contributed by atoms with Crippen LogP contribution >= 0.6 is 0 Å². The number of aromatic amines is 1. The Morgan fingerprint density at radius 1 is 1.32 bits per heavy atom. The number of carbonyl (C=O) groups is 1. The van der Waals surface area contributed by atoms with Gasteiger partial charge in [-0.2, -0.15) is 0 Å². The summed E-state index contributed by atoms with van der Waals surface area (Å²) in [5.41, 5.74) is 3.18. The fourth-order valence-electron chi connectivity index (χ4n) is 5.90. The molecule has 192 valence electrons. The summed E-state index contributed by atoms with van der Waals surface area (Å²) in [7, 11) is 1.98. The predicted octanol–water partition coefficient (Wildman–Crippen LogP) is 4.25. The number of carbonyl (C=O) groups excluding carboxylic acids is 1. The average Bonchev–Trinajstić information content (AvgIpc) is 3.30. The number of aromatic nitrogens is 1. The lowest BCUT2D eigenvalue weighted by atomic mass is 9.81. The smallest absolute Gasteiger partial charge is 0.254 e. The van der Waals surface area contributed by atoms with Crippen molar-refractivity contribution in [3.63, 3.8) is 0 Å². The van der Waals surface area contributed by atoms with Gasteiger partial charge >= 0.3 is 0 Å². The Labute approximate surface area is 218 Å². The number of phenols is 1. The molecule has 0 spiro atoms. The number of hydrogen-bond acceptors (Lipinski definition) is 5. The quantitative estimate of drug-likeness (QED) is 0.455. The van der Waals surface area contributed by atoms with Gasteiger partial charge in [0.15, 0.2) is 0 Å². The van der Waals surface area contributed by atoms with Crippen LogP contribution in [0.15, 0.2) is 54.9 Å². The standard InChI is InChI=1S/C30H34N4O3/c1-6-14-32(5)15-9-16-33-20(3)34-28(21-10-8-11-22(35)17-21)27-25(19-30(34,4)29(33)36)24-18-23(37-7-2)12-13-26(24)31-27/h1,8,10-13,17-18,28,31,35H,3,7,9,14-16,19H2,2,4-5H3/t28-,30+/m1/s1. The van der Waals surface area contributed by atoms with Crippen molar-refractivity contribution in [1.82, 2.24) is 19.7 Å². The van der Waals surface area contributed by atoms with Crippen molar-refractivity contribution >= 4 is 16.8 Å². The Morgan fingerprint density at radius 2 is 2.14 bits per heavy atom. The fourth-order valence-corrected chi connectivity index (χ4v) is 5.90. The maximum absolute atomic E-state index is 14.0. The van der Waals surface area contributed by atoms with Gasteiger partial charge in [-0.05, 0) is 68.8 Å². The zero-order chi connectivity index (χ0) is 26.3. The van der Waals surface area contributed by atoms with Crippen LogP contribution in [0.3, 0.4) is 0 Å². The summed E-state index contributed by atoms with van der Waals surface area (Å²) < 4.78 is 5.79. The summed E-state index contributed by atoms with van der Waals surface area (Å²) in [6.07, 6.45) is 6.76. The van der Waals surface area contributed by atoms with E-state index in [1.165, 1.54) is 0 Å². The molecule has 1 fully saturated rings. The van der Waals surface area contributed by atoms with Crippen LogP contribution in [0.1, 0.15) is 43.1 Å². The Kier molecular flexibility index (Phi) is 6.38. The lowest BCUT2D eigenvalue weighted by molar-refractivity contribution is -0.133. The monoisotopic (exact) mass is 498 g/mol. The van der Waals surface area contributed by atoms with Gasteiger partial charge in [0.05, 0.1) is 19.2 Å². The summed E-state index contributed by atoms with van der Waals surface area (Å²) in [5.74, 6) is 4.37. The number of nitrogens with one attached hydrogen (secondary N) is 1. The maximum atomic E-state index is 14.0. The van der Waals surface area contributed by atoms with Gasteiger partial charge in [-0.3, -0.25) is 14.6 Å². The minimum absolute atomic E-state index is 0.0446. The molecule has 5 rings (SSSR count). The zero-order valence-corrected chi connectivity index (χ0v) is 21.8. The van der Waals surface area contributed by atoms with E-state index in [0.717, 1.165) is 46.4 Å². The molecule has 0 bridgehead atoms. The van der Waals surface area contributed by atoms with Crippen molar-refractivity contribution in [3.05, 3.63) is 71.7 Å². The summed E-state index contributed by atoms with van der Waals surface area (Å²) in [5, 5.41) is 11.4. The molecule has 2 atom stereocenters. The molecule has 1 aromatic heterocycles. The van der Waals surface area contributed by atoms with Gasteiger partial charge in [0, 0.05) is 36.1 Å². The van der Waals surface area contributed by atoms with Crippen LogP contribution < -0.4 is 4.74 Å². The normalized spacial score (nSPS) is 20.9. The molecule has 37 heavy (non-hydrogen) atoms. The van der Waals surface area contributed by atoms with Crippen LogP contribution in [-0.2, 0) is 11.2 Å². The third-order valence-electron chi connectivity index (χ3n) is 7.57. The van der Waals surface area contributed by atoms with Crippen molar-refractivity contribution in [2.45, 2.75) is 38.3 Å². The highest BCUT2D eigenvalue weighted by molar-refractivity contribution is 5.94. The van der Waals surface area contributed by atoms with Crippen molar-refractivity contribution in [2.24, 2.45) is 0 Å². The van der Waals surface area contributed by atoms with E-state index < -0.39 is 5.54 Å². The van der Waals surface area contributed by atoms with Crippen molar-refractivity contribution in [2.75, 3.05) is 33.3 Å². The number of terminal acetylenes is 1. The number of aromatic hydroxyl groups is 1. The largest absolute Gasteiger partial charge is 0.508 e. The molecule has 1 amide bonds. The van der Waals surface area contributed by atoms with Gasteiger partial charge < -0.3 is 19.7 Å². The number of nitrogens with zero attached hydrogens (tertiary/aromatic N) is 3. The van der Waals surface area contributed by atoms with E-state index in [1.807, 2.05) is 50.1 Å². The third kappa shape index (κ3) is 4.11. The first-order chi connectivity index (χ1) is 17.8. The van der Waals surface area contributed by atoms with Crippen LogP contribution in [0, 0.1) is 12.3 Å². The molecule has 2 aromatic carbocycles. The summed E-state index contributed by atoms with van der Waals surface area (Å²) in [6.45, 7) is 10.9. The topological polar surface area (TPSA) is 72.0 Å². The molecule has 3 aromatic rings. The van der Waals surface area contributed by atoms with E-state index >= 15 is 0 Å². The van der Waals surface area contributed by atoms with Crippen molar-refractivity contribution in [1.29, 1.82) is 0 Å². The highest BCUT2D eigenvalue weighted by Gasteiger charge is 2.57. The van der Waals surface area contributed by atoms with E-state index in [9.17, 15) is 9.90 Å². The first-order valence-corrected chi connectivity index (χ1v) is 12.8. The van der Waals surface area contributed by atoms with Gasteiger partial charge in [-0.25, -0.2) is 0 Å². The van der Waals surface area contributed by atoms with Crippen LogP contribution in [0.5, 0.6) is 11.5 Å². The Hall–Kier alpha value is -3.89. The Morgan fingerprint density at radius 3 is 2.86 bits per heavy atom. The lowest BCUT2D eigenvalue weighted by Gasteiger charge is -2.44. The van der Waals surface area contributed by atoms with Crippen LogP contribution in [0.25, 0.3) is 10.9 Å². The molecule has 1 saturated heterocycles. The molecule has 0 saturated carbocycles. The number of phenolic OH excluding ortho intramolecular Hbond substituents is 1. The van der Waals surface area contributed by atoms with Crippen LogP contribution in [-0.4, -0.2) is 69.5 Å². The first kappa shape index (κ1) is 24.8. The number of benzene rings is 2. The number of ether oxygens (including phenoxy) is 1. The van der Waals surface area contributed by atoms with E-state index in [-0.39, 0.29) is 17.7 Å². The number of fused-ring (bicyclic) bond motifs is 4. The molecule has 2 N–H and O–H groups in total. The van der Waals surface area contributed by atoms with Gasteiger partial charge in [-0.1, -0.05) is 24.6 Å². The molecule has 0 radical (unpaired) electrons. The summed E-state index contributed by atoms with van der Waals surface area (Å²) >= 11 is 0. The Balaban J connectivity index is 1.59.